The van der Waals surface area contributed by atoms with Gasteiger partial charge in [0.2, 0.25) is 11.0 Å². The van der Waals surface area contributed by atoms with Crippen molar-refractivity contribution in [3.05, 3.63) is 39.6 Å². The summed E-state index contributed by atoms with van der Waals surface area (Å²) in [5.74, 6) is 0. The lowest BCUT2D eigenvalue weighted by molar-refractivity contribution is -0.584. The molecule has 0 spiro atoms. The predicted octanol–water partition coefficient (Wildman–Crippen LogP) is 1.58. The van der Waals surface area contributed by atoms with Crippen molar-refractivity contribution in [1.82, 2.24) is 0 Å². The van der Waals surface area contributed by atoms with Crippen LogP contribution in [0.1, 0.15) is 13.8 Å². The fraction of sp³-hybridized carbons (Fsp3) is 0.300. The van der Waals surface area contributed by atoms with Crippen LogP contribution in [-0.4, -0.2) is 27.3 Å². The molecule has 1 N–H and O–H groups in total. The summed E-state index contributed by atoms with van der Waals surface area (Å²) in [6.45, 7) is 2.88. The lowest BCUT2D eigenvalue weighted by Crippen LogP contribution is -2.50. The fourth-order valence-corrected chi connectivity index (χ4v) is 1.54. The van der Waals surface area contributed by atoms with Gasteiger partial charge in [0.15, 0.2) is 0 Å². The van der Waals surface area contributed by atoms with Crippen LogP contribution >= 0.6 is 0 Å². The maximum Gasteiger partial charge on any atom is 0.295 e. The number of nitro benzene ring substituents is 1. The lowest BCUT2D eigenvalue weighted by atomic mass is 10.2. The maximum absolute atomic E-state index is 11.5. The van der Waals surface area contributed by atoms with E-state index in [1.807, 2.05) is 0 Å². The zero-order valence-corrected chi connectivity index (χ0v) is 10.7. The van der Waals surface area contributed by atoms with Crippen molar-refractivity contribution >= 4 is 17.8 Å². The van der Waals surface area contributed by atoms with Gasteiger partial charge in [-0.2, -0.15) is 0 Å². The van der Waals surface area contributed by atoms with E-state index in [4.69, 9.17) is 9.94 Å². The zero-order valence-electron chi connectivity index (χ0n) is 10.7. The van der Waals surface area contributed by atoms with E-state index in [2.05, 4.69) is 5.28 Å². The van der Waals surface area contributed by atoms with Gasteiger partial charge in [-0.15, -0.1) is 0 Å². The second kappa shape index (κ2) is 5.82. The Morgan fingerprint density at radius 2 is 1.90 bits per heavy atom. The van der Waals surface area contributed by atoms with E-state index in [0.29, 0.717) is 0 Å². The Bertz CT molecular complexity index is 527. The van der Waals surface area contributed by atoms with Crippen molar-refractivity contribution in [3.8, 4) is 0 Å². The largest absolute Gasteiger partial charge is 0.568 e. The molecule has 0 unspecified atom stereocenters. The third kappa shape index (κ3) is 3.10. The molecule has 0 saturated carbocycles. The number of anilines is 1. The molecule has 0 aromatic heterocycles. The topological polar surface area (TPSA) is 131 Å². The van der Waals surface area contributed by atoms with Gasteiger partial charge < -0.3 is 15.2 Å². The molecular weight excluding hydrogens is 272 g/mol. The Hall–Kier alpha value is -2.91. The van der Waals surface area contributed by atoms with Crippen LogP contribution in [0.5, 0.6) is 0 Å². The Labute approximate surface area is 113 Å². The number of non-ortho nitro benzene ring substituents is 1. The molecule has 0 fully saturated rings. The Morgan fingerprint density at radius 1 is 1.35 bits per heavy atom. The Balaban J connectivity index is 3.24. The van der Waals surface area contributed by atoms with E-state index in [-0.39, 0.29) is 22.8 Å². The fourth-order valence-electron chi connectivity index (χ4n) is 1.54. The zero-order chi connectivity index (χ0) is 15.3. The third-order valence-corrected chi connectivity index (χ3v) is 2.40. The number of carbonyl (C=O) groups is 1. The maximum atomic E-state index is 11.5. The molecular formula is C10H12N4O6. The highest BCUT2D eigenvalue weighted by Crippen LogP contribution is 2.26. The highest BCUT2D eigenvalue weighted by atomic mass is 16.6. The van der Waals surface area contributed by atoms with Crippen molar-refractivity contribution in [2.75, 3.05) is 5.01 Å². The molecule has 1 aromatic rings. The van der Waals surface area contributed by atoms with Crippen molar-refractivity contribution < 1.29 is 24.6 Å². The number of ether oxygens (including phenoxy) is 1. The summed E-state index contributed by atoms with van der Waals surface area (Å²) >= 11 is 0. The van der Waals surface area contributed by atoms with Gasteiger partial charge in [0.1, 0.15) is 5.69 Å². The van der Waals surface area contributed by atoms with Crippen molar-refractivity contribution in [1.29, 1.82) is 0 Å². The Kier molecular flexibility index (Phi) is 4.41. The summed E-state index contributed by atoms with van der Waals surface area (Å²) in [5.41, 5.74) is -1.51. The summed E-state index contributed by atoms with van der Waals surface area (Å²) in [4.78, 5) is 20.2. The molecule has 0 radical (unpaired) electrons. The number of nitrogens with zero attached hydrogens (tertiary/aromatic N) is 4. The lowest BCUT2D eigenvalue weighted by Gasteiger charge is -2.31. The molecule has 0 bridgehead atoms. The molecule has 0 saturated heterocycles. The van der Waals surface area contributed by atoms with Gasteiger partial charge >= 0.3 is 0 Å². The van der Waals surface area contributed by atoms with E-state index in [1.165, 1.54) is 26.0 Å². The SMILES string of the molecule is CC(C)(OC=O)N(c1ccc([N+](=O)[O-])cc1)/[N+]([O-])=N/O. The summed E-state index contributed by atoms with van der Waals surface area (Å²) in [6.07, 6.45) is 0. The van der Waals surface area contributed by atoms with Gasteiger partial charge in [0, 0.05) is 26.0 Å². The minimum absolute atomic E-state index is 0.129. The smallest absolute Gasteiger partial charge is 0.295 e. The van der Waals surface area contributed by atoms with Gasteiger partial charge in [-0.25, -0.2) is 0 Å². The quantitative estimate of drug-likeness (QED) is 0.209. The van der Waals surface area contributed by atoms with E-state index in [1.54, 1.807) is 0 Å². The predicted molar refractivity (Wildman–Crippen MR) is 64.6 cm³/mol. The van der Waals surface area contributed by atoms with Crippen molar-refractivity contribution in [2.24, 2.45) is 5.28 Å². The van der Waals surface area contributed by atoms with Crippen LogP contribution in [0.3, 0.4) is 0 Å². The first-order valence-electron chi connectivity index (χ1n) is 5.32. The third-order valence-electron chi connectivity index (χ3n) is 2.40. The summed E-state index contributed by atoms with van der Waals surface area (Å²) in [6, 6.07) is 4.82. The van der Waals surface area contributed by atoms with Gasteiger partial charge in [-0.1, -0.05) is 5.01 Å². The van der Waals surface area contributed by atoms with E-state index < -0.39 is 10.6 Å². The first kappa shape index (κ1) is 15.1. The van der Waals surface area contributed by atoms with Crippen LogP contribution in [0.4, 0.5) is 11.4 Å². The second-order valence-corrected chi connectivity index (χ2v) is 4.09. The summed E-state index contributed by atoms with van der Waals surface area (Å²) in [7, 11) is 0. The van der Waals surface area contributed by atoms with Crippen LogP contribution in [0.2, 0.25) is 0 Å². The molecule has 1 rings (SSSR count). The molecule has 0 aliphatic rings. The van der Waals surface area contributed by atoms with Crippen LogP contribution < -0.4 is 5.01 Å². The molecule has 108 valence electrons. The molecule has 0 aliphatic heterocycles. The number of benzene rings is 1. The number of hydrogen-bond acceptors (Lipinski definition) is 6. The second-order valence-electron chi connectivity index (χ2n) is 4.09. The van der Waals surface area contributed by atoms with E-state index in [0.717, 1.165) is 17.1 Å². The summed E-state index contributed by atoms with van der Waals surface area (Å²) < 4.78 is 4.75. The van der Waals surface area contributed by atoms with Crippen molar-refractivity contribution in [3.63, 3.8) is 0 Å². The number of nitro groups is 1. The van der Waals surface area contributed by atoms with Gasteiger partial charge in [0.25, 0.3) is 12.2 Å². The molecule has 0 atom stereocenters. The monoisotopic (exact) mass is 284 g/mol. The van der Waals surface area contributed by atoms with Crippen LogP contribution in [0.15, 0.2) is 29.5 Å². The molecule has 1 aromatic carbocycles. The molecule has 10 nitrogen and oxygen atoms in total. The molecule has 0 aliphatic carbocycles. The minimum Gasteiger partial charge on any atom is -0.568 e. The standard InChI is InChI=1S/C10H12N4O6/c1-10(2,20-7-15)12(14(19)11-16)8-3-5-9(6-4-8)13(17)18/h3-7,16H,1-2H3/b14-11-. The Morgan fingerprint density at radius 3 is 2.30 bits per heavy atom. The number of hydrazine groups is 1. The molecule has 0 heterocycles. The number of carbonyl (C=O) groups excluding carboxylic acids is 1. The normalized spacial score (nSPS) is 11.8. The molecule has 0 amide bonds. The average Bonchev–Trinajstić information content (AvgIpc) is 2.38. The first-order valence-corrected chi connectivity index (χ1v) is 5.32. The van der Waals surface area contributed by atoms with Gasteiger partial charge in [-0.05, 0) is 12.1 Å². The number of hydrogen-bond donors (Lipinski definition) is 1. The van der Waals surface area contributed by atoms with Gasteiger partial charge in [-0.3, -0.25) is 14.9 Å². The van der Waals surface area contributed by atoms with Crippen molar-refractivity contribution in [2.45, 2.75) is 19.6 Å². The first-order chi connectivity index (χ1) is 9.33. The highest BCUT2D eigenvalue weighted by Gasteiger charge is 2.37. The van der Waals surface area contributed by atoms with E-state index in [9.17, 15) is 20.1 Å². The highest BCUT2D eigenvalue weighted by molar-refractivity contribution is 5.51. The number of rotatable bonds is 6. The van der Waals surface area contributed by atoms with Crippen LogP contribution in [0, 0.1) is 15.3 Å². The average molecular weight is 284 g/mol. The van der Waals surface area contributed by atoms with Crippen LogP contribution in [0.25, 0.3) is 0 Å². The minimum atomic E-state index is -1.47. The molecule has 20 heavy (non-hydrogen) atoms. The summed E-state index contributed by atoms with van der Waals surface area (Å²) in [5, 5.41) is 33.9. The molecule has 10 heteroatoms. The van der Waals surface area contributed by atoms with E-state index >= 15 is 0 Å². The van der Waals surface area contributed by atoms with Crippen LogP contribution in [-0.2, 0) is 9.53 Å². The van der Waals surface area contributed by atoms with Gasteiger partial charge in [0.05, 0.1) is 9.89 Å².